The van der Waals surface area contributed by atoms with Crippen molar-refractivity contribution in [3.8, 4) is 5.75 Å². The Kier molecular flexibility index (Phi) is 4.10. The maximum Gasteiger partial charge on any atom is 0.251 e. The molecular weight excluding hydrogens is 424 g/mol. The molecule has 1 aromatic heterocycles. The molecule has 0 saturated carbocycles. The predicted molar refractivity (Wildman–Crippen MR) is 109 cm³/mol. The molecule has 0 unspecified atom stereocenters. The maximum atomic E-state index is 13.2. The highest BCUT2D eigenvalue weighted by Crippen LogP contribution is 2.44. The third-order valence-corrected chi connectivity index (χ3v) is 6.25. The summed E-state index contributed by atoms with van der Waals surface area (Å²) in [5, 5.41) is 8.69. The van der Waals surface area contributed by atoms with Gasteiger partial charge in [0, 0.05) is 22.0 Å². The van der Waals surface area contributed by atoms with Gasteiger partial charge in [-0.1, -0.05) is 52.3 Å². The molecule has 134 valence electrons. The normalized spacial score (nSPS) is 20.5. The molecule has 0 aliphatic carbocycles. The molecule has 0 spiro atoms. The third kappa shape index (κ3) is 2.89. The van der Waals surface area contributed by atoms with Crippen LogP contribution >= 0.6 is 27.3 Å². The number of halogens is 1. The lowest BCUT2D eigenvalue weighted by Gasteiger charge is -2.37. The first-order valence-electron chi connectivity index (χ1n) is 8.66. The second kappa shape index (κ2) is 6.62. The van der Waals surface area contributed by atoms with Crippen LogP contribution < -0.4 is 4.74 Å². The lowest BCUT2D eigenvalue weighted by Crippen LogP contribution is -2.45. The number of carbonyl (C=O) groups excluding carboxylic acids is 1. The Bertz CT molecular complexity index is 1030. The van der Waals surface area contributed by atoms with E-state index in [0.29, 0.717) is 5.56 Å². The summed E-state index contributed by atoms with van der Waals surface area (Å²) < 4.78 is 7.12. The van der Waals surface area contributed by atoms with Gasteiger partial charge in [0.15, 0.2) is 0 Å². The van der Waals surface area contributed by atoms with E-state index >= 15 is 0 Å². The van der Waals surface area contributed by atoms with Crippen LogP contribution in [0.3, 0.4) is 0 Å². The molecule has 2 aliphatic heterocycles. The van der Waals surface area contributed by atoms with Gasteiger partial charge in [0.25, 0.3) is 6.23 Å². The molecule has 6 heteroatoms. The molecule has 0 radical (unpaired) electrons. The van der Waals surface area contributed by atoms with E-state index in [1.165, 1.54) is 0 Å². The first-order chi connectivity index (χ1) is 13.2. The number of ether oxygens (including phenoxy) is 1. The largest absolute Gasteiger partial charge is 0.461 e. The molecule has 4 nitrogen and oxygen atoms in total. The zero-order valence-electron chi connectivity index (χ0n) is 14.2. The number of ketones is 1. The van der Waals surface area contributed by atoms with Crippen molar-refractivity contribution in [3.63, 3.8) is 0 Å². The van der Waals surface area contributed by atoms with Crippen molar-refractivity contribution < 1.29 is 9.53 Å². The maximum absolute atomic E-state index is 13.2. The fraction of sp³-hybridized carbons (Fsp3) is 0.143. The smallest absolute Gasteiger partial charge is 0.251 e. The Balaban J connectivity index is 1.59. The molecule has 0 bridgehead atoms. The van der Waals surface area contributed by atoms with Crippen molar-refractivity contribution in [2.24, 2.45) is 5.10 Å². The molecule has 2 aromatic carbocycles. The number of hydrazone groups is 1. The summed E-state index contributed by atoms with van der Waals surface area (Å²) in [6.07, 6.45) is -0.00476. The van der Waals surface area contributed by atoms with Gasteiger partial charge in [-0.2, -0.15) is 5.10 Å². The lowest BCUT2D eigenvalue weighted by molar-refractivity contribution is -0.00458. The molecule has 0 amide bonds. The van der Waals surface area contributed by atoms with Gasteiger partial charge >= 0.3 is 0 Å². The fourth-order valence-electron chi connectivity index (χ4n) is 3.57. The van der Waals surface area contributed by atoms with Gasteiger partial charge in [-0.15, -0.1) is 11.3 Å². The predicted octanol–water partition coefficient (Wildman–Crippen LogP) is 5.26. The van der Waals surface area contributed by atoms with E-state index in [2.05, 4.69) is 28.1 Å². The number of carbonyl (C=O) groups is 1. The summed E-state index contributed by atoms with van der Waals surface area (Å²) in [5.74, 6) is 0.668. The van der Waals surface area contributed by atoms with Gasteiger partial charge in [-0.25, -0.2) is 5.01 Å². The SMILES string of the molecule is O=C(c1ccccc1)[C@@H]1Oc2ccc(Br)cc2[C@H]2CC(c3cccs3)=NN21. The molecular formula is C21H15BrN2O2S. The molecule has 0 N–H and O–H groups in total. The number of thiophene rings is 1. The van der Waals surface area contributed by atoms with Crippen molar-refractivity contribution in [3.05, 3.63) is 86.5 Å². The van der Waals surface area contributed by atoms with Gasteiger partial charge in [-0.05, 0) is 29.6 Å². The average molecular weight is 439 g/mol. The van der Waals surface area contributed by atoms with Crippen molar-refractivity contribution in [1.82, 2.24) is 5.01 Å². The highest BCUT2D eigenvalue weighted by molar-refractivity contribution is 9.10. The minimum absolute atomic E-state index is 0.0130. The van der Waals surface area contributed by atoms with Crippen molar-refractivity contribution in [1.29, 1.82) is 0 Å². The monoisotopic (exact) mass is 438 g/mol. The van der Waals surface area contributed by atoms with Crippen LogP contribution in [-0.2, 0) is 0 Å². The van der Waals surface area contributed by atoms with Crippen molar-refractivity contribution in [2.45, 2.75) is 18.7 Å². The first-order valence-corrected chi connectivity index (χ1v) is 10.3. The molecule has 3 aromatic rings. The number of Topliss-reactive ketones (excluding diaryl/α,β-unsaturated/α-hetero) is 1. The second-order valence-electron chi connectivity index (χ2n) is 6.51. The highest BCUT2D eigenvalue weighted by Gasteiger charge is 2.43. The molecule has 27 heavy (non-hydrogen) atoms. The summed E-state index contributed by atoms with van der Waals surface area (Å²) in [4.78, 5) is 14.3. The topological polar surface area (TPSA) is 41.9 Å². The van der Waals surface area contributed by atoms with Gasteiger partial charge in [0.1, 0.15) is 5.75 Å². The number of fused-ring (bicyclic) bond motifs is 3. The molecule has 2 aliphatic rings. The minimum atomic E-state index is -0.761. The second-order valence-corrected chi connectivity index (χ2v) is 8.37. The summed E-state index contributed by atoms with van der Waals surface area (Å²) in [6, 6.07) is 19.3. The first kappa shape index (κ1) is 16.7. The Labute approximate surface area is 169 Å². The molecule has 3 heterocycles. The van der Waals surface area contributed by atoms with Crippen LogP contribution in [-0.4, -0.2) is 22.7 Å². The number of rotatable bonds is 3. The van der Waals surface area contributed by atoms with E-state index in [4.69, 9.17) is 9.84 Å². The van der Waals surface area contributed by atoms with E-state index in [0.717, 1.165) is 32.8 Å². The summed E-state index contributed by atoms with van der Waals surface area (Å²) >= 11 is 5.21. The van der Waals surface area contributed by atoms with Crippen LogP contribution in [0.5, 0.6) is 5.75 Å². The Morgan fingerprint density at radius 1 is 1.15 bits per heavy atom. The van der Waals surface area contributed by atoms with E-state index in [1.807, 2.05) is 58.9 Å². The van der Waals surface area contributed by atoms with E-state index in [9.17, 15) is 4.79 Å². The molecule has 2 atom stereocenters. The van der Waals surface area contributed by atoms with Crippen LogP contribution in [0, 0.1) is 0 Å². The quantitative estimate of drug-likeness (QED) is 0.523. The van der Waals surface area contributed by atoms with Crippen molar-refractivity contribution in [2.75, 3.05) is 0 Å². The standard InChI is InChI=1S/C21H15BrN2O2S/c22-14-8-9-18-15(11-14)17-12-16(19-7-4-10-27-19)23-24(17)21(26-18)20(25)13-5-2-1-3-6-13/h1-11,17,21H,12H2/t17-,21+/m1/s1. The van der Waals surface area contributed by atoms with Crippen LogP contribution in [0.2, 0.25) is 0 Å². The van der Waals surface area contributed by atoms with E-state index in [-0.39, 0.29) is 11.8 Å². The number of benzene rings is 2. The molecule has 0 fully saturated rings. The van der Waals surface area contributed by atoms with Crippen LogP contribution in [0.4, 0.5) is 0 Å². The summed E-state index contributed by atoms with van der Waals surface area (Å²) in [7, 11) is 0. The van der Waals surface area contributed by atoms with Gasteiger partial charge in [0.2, 0.25) is 5.78 Å². The van der Waals surface area contributed by atoms with Gasteiger partial charge in [-0.3, -0.25) is 4.79 Å². The zero-order valence-corrected chi connectivity index (χ0v) is 16.6. The van der Waals surface area contributed by atoms with Crippen molar-refractivity contribution >= 4 is 38.8 Å². The minimum Gasteiger partial charge on any atom is -0.461 e. The number of nitrogens with zero attached hydrogens (tertiary/aromatic N) is 2. The van der Waals surface area contributed by atoms with Crippen LogP contribution in [0.15, 0.2) is 75.6 Å². The summed E-state index contributed by atoms with van der Waals surface area (Å²) in [5.41, 5.74) is 2.68. The van der Waals surface area contributed by atoms with E-state index < -0.39 is 6.23 Å². The third-order valence-electron chi connectivity index (χ3n) is 4.84. The Morgan fingerprint density at radius 3 is 2.78 bits per heavy atom. The highest BCUT2D eigenvalue weighted by atomic mass is 79.9. The lowest BCUT2D eigenvalue weighted by atomic mass is 9.97. The number of hydrogen-bond acceptors (Lipinski definition) is 5. The Morgan fingerprint density at radius 2 is 2.00 bits per heavy atom. The molecule has 5 rings (SSSR count). The zero-order chi connectivity index (χ0) is 18.4. The fourth-order valence-corrected chi connectivity index (χ4v) is 4.67. The van der Waals surface area contributed by atoms with Gasteiger partial charge < -0.3 is 4.74 Å². The van der Waals surface area contributed by atoms with Crippen LogP contribution in [0.25, 0.3) is 0 Å². The summed E-state index contributed by atoms with van der Waals surface area (Å²) in [6.45, 7) is 0. The number of hydrogen-bond donors (Lipinski definition) is 0. The molecule has 0 saturated heterocycles. The van der Waals surface area contributed by atoms with E-state index in [1.54, 1.807) is 11.3 Å². The average Bonchev–Trinajstić information content (AvgIpc) is 3.37. The van der Waals surface area contributed by atoms with Crippen LogP contribution in [0.1, 0.15) is 33.3 Å². The Hall–Kier alpha value is -2.44. The van der Waals surface area contributed by atoms with Gasteiger partial charge in [0.05, 0.1) is 16.6 Å².